The minimum Gasteiger partial charge on any atom is -0.477 e. The molecule has 186 valence electrons. The molecule has 35 heavy (non-hydrogen) atoms. The fourth-order valence-corrected chi connectivity index (χ4v) is 5.73. The van der Waals surface area contributed by atoms with Gasteiger partial charge in [-0.1, -0.05) is 5.16 Å². The third-order valence-corrected chi connectivity index (χ3v) is 7.37. The predicted molar refractivity (Wildman–Crippen MR) is 125 cm³/mol. The number of nitrogens with two attached hydrogens (primary N) is 1. The van der Waals surface area contributed by atoms with Crippen molar-refractivity contribution in [1.82, 2.24) is 24.6 Å². The maximum atomic E-state index is 13.0. The van der Waals surface area contributed by atoms with E-state index in [1.165, 1.54) is 35.0 Å². The minimum absolute atomic E-state index is 0.122. The first-order valence-electron chi connectivity index (χ1n) is 10.2. The number of nitrogen functional groups attached to an aromatic ring is 1. The van der Waals surface area contributed by atoms with Crippen LogP contribution in [0.4, 0.5) is 5.13 Å². The average Bonchev–Trinajstić information content (AvgIpc) is 3.41. The third-order valence-electron chi connectivity index (χ3n) is 5.36. The van der Waals surface area contributed by atoms with E-state index in [1.807, 2.05) is 0 Å². The lowest BCUT2D eigenvalue weighted by Gasteiger charge is -2.49. The summed E-state index contributed by atoms with van der Waals surface area (Å²) in [6.07, 6.45) is 1.62. The van der Waals surface area contributed by atoms with Crippen LogP contribution in [0.2, 0.25) is 0 Å². The summed E-state index contributed by atoms with van der Waals surface area (Å²) in [4.78, 5) is 47.8. The van der Waals surface area contributed by atoms with Crippen LogP contribution < -0.4 is 16.5 Å². The van der Waals surface area contributed by atoms with Crippen molar-refractivity contribution >= 4 is 51.7 Å². The molecule has 0 aliphatic carbocycles. The molecular weight excluding hydrogens is 500 g/mol. The van der Waals surface area contributed by atoms with Gasteiger partial charge in [0.2, 0.25) is 0 Å². The van der Waals surface area contributed by atoms with Crippen LogP contribution in [0.25, 0.3) is 0 Å². The van der Waals surface area contributed by atoms with E-state index in [0.717, 1.165) is 16.2 Å². The number of nitrogens with one attached hydrogen (secondary N) is 2. The van der Waals surface area contributed by atoms with E-state index in [-0.39, 0.29) is 53.2 Å². The van der Waals surface area contributed by atoms with Crippen molar-refractivity contribution in [2.75, 3.05) is 25.2 Å². The Balaban J connectivity index is 1.55. The number of aliphatic hydroxyl groups is 1. The summed E-state index contributed by atoms with van der Waals surface area (Å²) < 4.78 is 3.13. The number of fused-ring (bicyclic) bond motifs is 1. The van der Waals surface area contributed by atoms with Crippen LogP contribution in [0.1, 0.15) is 5.69 Å². The van der Waals surface area contributed by atoms with Gasteiger partial charge in [0.15, 0.2) is 10.8 Å². The second-order valence-electron chi connectivity index (χ2n) is 7.46. The Morgan fingerprint density at radius 3 is 2.86 bits per heavy atom. The van der Waals surface area contributed by atoms with Crippen LogP contribution in [0.3, 0.4) is 0 Å². The lowest BCUT2D eigenvalue weighted by atomic mass is 10.0. The zero-order chi connectivity index (χ0) is 25.3. The molecule has 0 aromatic carbocycles. The Bertz CT molecular complexity index is 1290. The van der Waals surface area contributed by atoms with Crippen molar-refractivity contribution in [2.24, 2.45) is 5.16 Å². The van der Waals surface area contributed by atoms with Crippen LogP contribution in [0, 0.1) is 5.41 Å². The fourth-order valence-electron chi connectivity index (χ4n) is 3.85. The molecule has 1 fully saturated rings. The monoisotopic (exact) mass is 522 g/mol. The molecule has 2 amide bonds. The molecule has 1 saturated heterocycles. The molecular formula is C19H22N8O6S2. The maximum absolute atomic E-state index is 13.0. The van der Waals surface area contributed by atoms with E-state index in [2.05, 4.69) is 15.5 Å². The molecule has 0 spiro atoms. The molecule has 2 aromatic heterocycles. The lowest BCUT2D eigenvalue weighted by Crippen LogP contribution is -2.71. The summed E-state index contributed by atoms with van der Waals surface area (Å²) in [5.74, 6) is -2.26. The van der Waals surface area contributed by atoms with Crippen molar-refractivity contribution in [3.8, 4) is 0 Å². The van der Waals surface area contributed by atoms with Gasteiger partial charge in [0.1, 0.15) is 35.4 Å². The smallest absolute Gasteiger partial charge is 0.352 e. The molecule has 2 aliphatic heterocycles. The summed E-state index contributed by atoms with van der Waals surface area (Å²) in [5, 5.41) is 34.5. The predicted octanol–water partition coefficient (Wildman–Crippen LogP) is -1.41. The Kier molecular flexibility index (Phi) is 6.95. The first-order valence-corrected chi connectivity index (χ1v) is 12.1. The molecule has 2 aromatic rings. The number of hydrogen-bond donors (Lipinski definition) is 5. The van der Waals surface area contributed by atoms with Gasteiger partial charge in [0.25, 0.3) is 11.8 Å². The number of hydrogen-bond acceptors (Lipinski definition) is 11. The number of aliphatic carboxylic acids is 1. The number of carbonyl (C=O) groups is 3. The van der Waals surface area contributed by atoms with Gasteiger partial charge in [0, 0.05) is 17.3 Å². The molecule has 4 rings (SSSR count). The van der Waals surface area contributed by atoms with E-state index >= 15 is 0 Å². The van der Waals surface area contributed by atoms with Gasteiger partial charge in [-0.3, -0.25) is 29.3 Å². The van der Waals surface area contributed by atoms with E-state index in [1.54, 1.807) is 10.9 Å². The average molecular weight is 523 g/mol. The number of thioether (sulfide) groups is 1. The Morgan fingerprint density at radius 1 is 1.46 bits per heavy atom. The fraction of sp³-hybridized carbons (Fsp3) is 0.368. The van der Waals surface area contributed by atoms with Crippen LogP contribution in [0.15, 0.2) is 34.1 Å². The standard InChI is InChI=1S/C19H22N8O6S2/c1-33-24-12(10-8-35-19(21)22-10)15(29)23-13-16(30)27-14(18(31)32)9(7-34-17(13)27)6-25-3-2-11(20)26(25)4-5-28/h2-3,8,13,17,20,28H,4-7H2,1H3,(H2,21,22)(H,23,29)(H,31,32)/b20-11?,24-12+/t13-,17-/m0/s1. The van der Waals surface area contributed by atoms with Crippen molar-refractivity contribution in [2.45, 2.75) is 24.5 Å². The van der Waals surface area contributed by atoms with Gasteiger partial charge in [-0.2, -0.15) is 0 Å². The van der Waals surface area contributed by atoms with Crippen LogP contribution in [-0.2, 0) is 32.3 Å². The molecule has 14 nitrogen and oxygen atoms in total. The molecule has 16 heteroatoms. The van der Waals surface area contributed by atoms with E-state index in [0.29, 0.717) is 5.57 Å². The molecule has 2 atom stereocenters. The highest BCUT2D eigenvalue weighted by molar-refractivity contribution is 8.00. The highest BCUT2D eigenvalue weighted by Crippen LogP contribution is 2.40. The number of carbonyl (C=O) groups excluding carboxylic acids is 2. The second-order valence-corrected chi connectivity index (χ2v) is 9.45. The quantitative estimate of drug-likeness (QED) is 0.149. The SMILES string of the molecule is CO/N=C(/C(=O)N[C@H]1C(=O)N2C(C(=O)O)=C(Cn3ccc(=N)n3CCO)CS[C@@H]12)c1csc(N)n1. The van der Waals surface area contributed by atoms with Gasteiger partial charge in [-0.25, -0.2) is 9.78 Å². The summed E-state index contributed by atoms with van der Waals surface area (Å²) >= 11 is 2.43. The van der Waals surface area contributed by atoms with Crippen molar-refractivity contribution in [3.05, 3.63) is 40.1 Å². The van der Waals surface area contributed by atoms with Gasteiger partial charge >= 0.3 is 5.97 Å². The number of aliphatic hydroxyl groups excluding tert-OH is 1. The molecule has 2 aliphatic rings. The van der Waals surface area contributed by atoms with Gasteiger partial charge < -0.3 is 26.1 Å². The highest BCUT2D eigenvalue weighted by atomic mass is 32.2. The summed E-state index contributed by atoms with van der Waals surface area (Å²) in [5.41, 5.74) is 6.14. The Hall–Kier alpha value is -3.63. The maximum Gasteiger partial charge on any atom is 0.352 e. The van der Waals surface area contributed by atoms with Gasteiger partial charge in [-0.05, 0) is 11.6 Å². The number of β-lactam (4-membered cyclic amide) rings is 1. The molecule has 0 saturated carbocycles. The zero-order valence-electron chi connectivity index (χ0n) is 18.4. The molecule has 6 N–H and O–H groups in total. The highest BCUT2D eigenvalue weighted by Gasteiger charge is 2.54. The third kappa shape index (κ3) is 4.54. The number of aromatic nitrogens is 3. The number of carboxylic acid groups (broad SMARTS) is 1. The van der Waals surface area contributed by atoms with Crippen LogP contribution >= 0.6 is 23.1 Å². The molecule has 0 bridgehead atoms. The number of anilines is 1. The van der Waals surface area contributed by atoms with Crippen molar-refractivity contribution in [1.29, 1.82) is 5.41 Å². The normalized spacial score (nSPS) is 19.9. The second kappa shape index (κ2) is 9.93. The molecule has 0 radical (unpaired) electrons. The van der Waals surface area contributed by atoms with Crippen LogP contribution in [0.5, 0.6) is 0 Å². The van der Waals surface area contributed by atoms with Crippen LogP contribution in [-0.4, -0.2) is 83.8 Å². The molecule has 0 unspecified atom stereocenters. The van der Waals surface area contributed by atoms with E-state index in [4.69, 9.17) is 16.0 Å². The van der Waals surface area contributed by atoms with E-state index in [9.17, 15) is 24.6 Å². The largest absolute Gasteiger partial charge is 0.477 e. The van der Waals surface area contributed by atoms with Crippen molar-refractivity contribution in [3.63, 3.8) is 0 Å². The number of carboxylic acids is 1. The lowest BCUT2D eigenvalue weighted by molar-refractivity contribution is -0.150. The summed E-state index contributed by atoms with van der Waals surface area (Å²) in [6, 6.07) is 0.567. The number of nitrogens with zero attached hydrogens (tertiary/aromatic N) is 5. The Labute approximate surface area is 206 Å². The topological polar surface area (TPSA) is 201 Å². The number of rotatable bonds is 9. The number of oxime groups is 1. The van der Waals surface area contributed by atoms with Crippen molar-refractivity contribution < 1.29 is 29.4 Å². The Morgan fingerprint density at radius 2 is 2.23 bits per heavy atom. The summed E-state index contributed by atoms with van der Waals surface area (Å²) in [7, 11) is 1.26. The zero-order valence-corrected chi connectivity index (χ0v) is 20.0. The van der Waals surface area contributed by atoms with E-state index < -0.39 is 29.2 Å². The molecule has 4 heterocycles. The minimum atomic E-state index is -1.27. The first-order chi connectivity index (χ1) is 16.8. The van der Waals surface area contributed by atoms with Gasteiger partial charge in [-0.15, -0.1) is 23.1 Å². The number of thiazole rings is 1. The van der Waals surface area contributed by atoms with Gasteiger partial charge in [0.05, 0.1) is 19.7 Å². The first kappa shape index (κ1) is 24.5. The number of amides is 2. The summed E-state index contributed by atoms with van der Waals surface area (Å²) in [6.45, 7) is 0.108.